The largest absolute Gasteiger partial charge is 0.347 e. The highest BCUT2D eigenvalue weighted by molar-refractivity contribution is 7.90. The van der Waals surface area contributed by atoms with E-state index in [1.165, 1.54) is 12.1 Å². The second kappa shape index (κ2) is 7.40. The van der Waals surface area contributed by atoms with E-state index in [2.05, 4.69) is 5.32 Å². The summed E-state index contributed by atoms with van der Waals surface area (Å²) in [5, 5.41) is 2.72. The summed E-state index contributed by atoms with van der Waals surface area (Å²) in [6.07, 6.45) is -1.38. The number of aryl methyl sites for hydroxylation is 1. The van der Waals surface area contributed by atoms with Crippen molar-refractivity contribution in [2.45, 2.75) is 25.6 Å². The molecule has 1 amide bonds. The zero-order valence-corrected chi connectivity index (χ0v) is 14.8. The van der Waals surface area contributed by atoms with E-state index in [4.69, 9.17) is 0 Å². The van der Waals surface area contributed by atoms with Crippen molar-refractivity contribution in [2.24, 2.45) is 0 Å². The number of nitrogens with one attached hydrogen (secondary N) is 1. The number of rotatable bonds is 6. The highest BCUT2D eigenvalue weighted by atomic mass is 32.2. The van der Waals surface area contributed by atoms with Crippen LogP contribution in [0.3, 0.4) is 0 Å². The Morgan fingerprint density at radius 1 is 1.25 bits per heavy atom. The summed E-state index contributed by atoms with van der Waals surface area (Å²) in [7, 11) is -3.14. The number of sulfone groups is 1. The standard InChI is InChI=1S/C16H17F2NO3S2/c1-10-7-11(15(17)18)3-4-12(10)8-19-16(20)14-6-5-13(23-14)9-24(2,21)22/h3-7,15H,8-9H2,1-2H3,(H,19,20). The van der Waals surface area contributed by atoms with Gasteiger partial charge in [-0.1, -0.05) is 18.2 Å². The number of hydrogen-bond acceptors (Lipinski definition) is 4. The smallest absolute Gasteiger partial charge is 0.263 e. The van der Waals surface area contributed by atoms with Crippen LogP contribution in [0, 0.1) is 6.92 Å². The Bertz CT molecular complexity index is 845. The van der Waals surface area contributed by atoms with Crippen LogP contribution in [0.25, 0.3) is 0 Å². The molecule has 0 aliphatic rings. The fraction of sp³-hybridized carbons (Fsp3) is 0.312. The molecule has 0 aliphatic carbocycles. The lowest BCUT2D eigenvalue weighted by molar-refractivity contribution is 0.0954. The van der Waals surface area contributed by atoms with Crippen molar-refractivity contribution in [1.82, 2.24) is 5.32 Å². The summed E-state index contributed by atoms with van der Waals surface area (Å²) in [5.41, 5.74) is 1.38. The van der Waals surface area contributed by atoms with Gasteiger partial charge in [0, 0.05) is 23.2 Å². The molecule has 1 heterocycles. The van der Waals surface area contributed by atoms with Crippen LogP contribution >= 0.6 is 11.3 Å². The van der Waals surface area contributed by atoms with Crippen molar-refractivity contribution in [2.75, 3.05) is 6.26 Å². The quantitative estimate of drug-likeness (QED) is 0.843. The molecule has 0 aliphatic heterocycles. The van der Waals surface area contributed by atoms with E-state index in [9.17, 15) is 22.0 Å². The molecule has 0 unspecified atom stereocenters. The summed E-state index contributed by atoms with van der Waals surface area (Å²) in [4.78, 5) is 13.1. The van der Waals surface area contributed by atoms with E-state index in [1.54, 1.807) is 25.1 Å². The lowest BCUT2D eigenvalue weighted by atomic mass is 10.1. The Morgan fingerprint density at radius 2 is 1.96 bits per heavy atom. The first-order valence-electron chi connectivity index (χ1n) is 7.08. The van der Waals surface area contributed by atoms with Gasteiger partial charge in [0.1, 0.15) is 0 Å². The first kappa shape index (κ1) is 18.5. The number of hydrogen-bond donors (Lipinski definition) is 1. The van der Waals surface area contributed by atoms with Crippen molar-refractivity contribution < 1.29 is 22.0 Å². The molecule has 0 saturated carbocycles. The predicted octanol–water partition coefficient (Wildman–Crippen LogP) is 3.47. The number of benzene rings is 1. The normalized spacial score (nSPS) is 11.7. The first-order valence-corrected chi connectivity index (χ1v) is 9.95. The number of halogens is 2. The minimum absolute atomic E-state index is 0.0498. The fourth-order valence-electron chi connectivity index (χ4n) is 2.15. The maximum Gasteiger partial charge on any atom is 0.263 e. The van der Waals surface area contributed by atoms with Gasteiger partial charge in [0.2, 0.25) is 0 Å². The molecule has 2 rings (SSSR count). The molecular weight excluding hydrogens is 356 g/mol. The highest BCUT2D eigenvalue weighted by Gasteiger charge is 2.13. The lowest BCUT2D eigenvalue weighted by Gasteiger charge is -2.09. The molecule has 0 saturated heterocycles. The molecule has 0 bridgehead atoms. The van der Waals surface area contributed by atoms with Gasteiger partial charge in [-0.2, -0.15) is 0 Å². The van der Waals surface area contributed by atoms with E-state index in [0.29, 0.717) is 15.3 Å². The maximum atomic E-state index is 12.6. The van der Waals surface area contributed by atoms with Gasteiger partial charge >= 0.3 is 0 Å². The van der Waals surface area contributed by atoms with Crippen molar-refractivity contribution in [3.05, 3.63) is 56.8 Å². The van der Waals surface area contributed by atoms with Crippen molar-refractivity contribution in [3.8, 4) is 0 Å². The Hall–Kier alpha value is -1.80. The molecule has 24 heavy (non-hydrogen) atoms. The lowest BCUT2D eigenvalue weighted by Crippen LogP contribution is -2.22. The summed E-state index contributed by atoms with van der Waals surface area (Å²) in [5.74, 6) is -0.420. The maximum absolute atomic E-state index is 12.6. The van der Waals surface area contributed by atoms with Crippen LogP contribution in [0.4, 0.5) is 8.78 Å². The van der Waals surface area contributed by atoms with Crippen LogP contribution in [0.2, 0.25) is 0 Å². The molecular formula is C16H17F2NO3S2. The van der Waals surface area contributed by atoms with E-state index < -0.39 is 16.3 Å². The van der Waals surface area contributed by atoms with Gasteiger partial charge in [-0.05, 0) is 30.2 Å². The molecule has 8 heteroatoms. The molecule has 1 N–H and O–H groups in total. The van der Waals surface area contributed by atoms with Gasteiger partial charge < -0.3 is 5.32 Å². The van der Waals surface area contributed by atoms with Crippen LogP contribution in [0.5, 0.6) is 0 Å². The van der Waals surface area contributed by atoms with Crippen molar-refractivity contribution in [3.63, 3.8) is 0 Å². The van der Waals surface area contributed by atoms with Gasteiger partial charge in [-0.25, -0.2) is 17.2 Å². The summed E-state index contributed by atoms with van der Waals surface area (Å²) in [6, 6.07) is 7.51. The Kier molecular flexibility index (Phi) is 5.71. The van der Waals surface area contributed by atoms with Gasteiger partial charge in [-0.3, -0.25) is 4.79 Å². The molecule has 0 fully saturated rings. The van der Waals surface area contributed by atoms with E-state index >= 15 is 0 Å². The predicted molar refractivity (Wildman–Crippen MR) is 90.2 cm³/mol. The minimum Gasteiger partial charge on any atom is -0.347 e. The van der Waals surface area contributed by atoms with Crippen LogP contribution in [-0.2, 0) is 22.1 Å². The number of carbonyl (C=O) groups is 1. The minimum atomic E-state index is -3.14. The van der Waals surface area contributed by atoms with Crippen LogP contribution < -0.4 is 5.32 Å². The molecule has 4 nitrogen and oxygen atoms in total. The number of alkyl halides is 2. The van der Waals surface area contributed by atoms with Gasteiger partial charge in [-0.15, -0.1) is 11.3 Å². The third-order valence-electron chi connectivity index (χ3n) is 3.35. The Morgan fingerprint density at radius 3 is 2.54 bits per heavy atom. The van der Waals surface area contributed by atoms with E-state index in [-0.39, 0.29) is 23.8 Å². The molecule has 0 spiro atoms. The summed E-state index contributed by atoms with van der Waals surface area (Å²) < 4.78 is 47.8. The zero-order chi connectivity index (χ0) is 17.9. The molecule has 1 aromatic carbocycles. The zero-order valence-electron chi connectivity index (χ0n) is 13.2. The monoisotopic (exact) mass is 373 g/mol. The van der Waals surface area contributed by atoms with Crippen molar-refractivity contribution in [1.29, 1.82) is 0 Å². The third kappa shape index (κ3) is 5.10. The summed E-state index contributed by atoms with van der Waals surface area (Å²) in [6.45, 7) is 1.93. The topological polar surface area (TPSA) is 63.2 Å². The van der Waals surface area contributed by atoms with Crippen molar-refractivity contribution >= 4 is 27.1 Å². The molecule has 0 radical (unpaired) electrons. The number of amides is 1. The molecule has 0 atom stereocenters. The second-order valence-corrected chi connectivity index (χ2v) is 8.81. The molecule has 1 aromatic heterocycles. The average Bonchev–Trinajstić information content (AvgIpc) is 2.91. The first-order chi connectivity index (χ1) is 11.2. The Labute approximate surface area is 143 Å². The molecule has 2 aromatic rings. The second-order valence-electron chi connectivity index (χ2n) is 5.51. The molecule has 130 valence electrons. The van der Waals surface area contributed by atoms with E-state index in [0.717, 1.165) is 23.2 Å². The third-order valence-corrected chi connectivity index (χ3v) is 5.45. The number of carbonyl (C=O) groups excluding carboxylic acids is 1. The van der Waals surface area contributed by atoms with Gasteiger partial charge in [0.15, 0.2) is 9.84 Å². The summed E-state index contributed by atoms with van der Waals surface area (Å²) >= 11 is 1.12. The number of thiophene rings is 1. The van der Waals surface area contributed by atoms with Crippen LogP contribution in [-0.4, -0.2) is 20.6 Å². The van der Waals surface area contributed by atoms with Gasteiger partial charge in [0.25, 0.3) is 12.3 Å². The van der Waals surface area contributed by atoms with Crippen LogP contribution in [0.1, 0.15) is 37.7 Å². The fourth-order valence-corrected chi connectivity index (χ4v) is 4.36. The van der Waals surface area contributed by atoms with E-state index in [1.807, 2.05) is 0 Å². The van der Waals surface area contributed by atoms with Crippen LogP contribution in [0.15, 0.2) is 30.3 Å². The Balaban J connectivity index is 2.01. The highest BCUT2D eigenvalue weighted by Crippen LogP contribution is 2.22. The SMILES string of the molecule is Cc1cc(C(F)F)ccc1CNC(=O)c1ccc(CS(C)(=O)=O)s1. The average molecular weight is 373 g/mol. The van der Waals surface area contributed by atoms with Gasteiger partial charge in [0.05, 0.1) is 10.6 Å².